The van der Waals surface area contributed by atoms with Gasteiger partial charge in [0.05, 0.1) is 17.9 Å². The zero-order valence-corrected chi connectivity index (χ0v) is 11.6. The number of amides is 2. The Labute approximate surface area is 123 Å². The van der Waals surface area contributed by atoms with E-state index in [1.165, 1.54) is 6.07 Å². The Morgan fingerprint density at radius 1 is 1.33 bits per heavy atom. The zero-order chi connectivity index (χ0) is 16.0. The fourth-order valence-corrected chi connectivity index (χ4v) is 1.56. The molecule has 0 saturated carbocycles. The Morgan fingerprint density at radius 3 is 2.57 bits per heavy atom. The van der Waals surface area contributed by atoms with Crippen LogP contribution in [0.3, 0.4) is 0 Å². The third kappa shape index (κ3) is 5.50. The van der Waals surface area contributed by atoms with Crippen LogP contribution in [0.4, 0.5) is 23.7 Å². The van der Waals surface area contributed by atoms with Gasteiger partial charge in [0.2, 0.25) is 0 Å². The molecule has 21 heavy (non-hydrogen) atoms. The average Bonchev–Trinajstić information content (AvgIpc) is 2.38. The quantitative estimate of drug-likeness (QED) is 0.837. The van der Waals surface area contributed by atoms with Crippen molar-refractivity contribution in [2.45, 2.75) is 13.1 Å². The van der Waals surface area contributed by atoms with Crippen LogP contribution in [0.25, 0.3) is 0 Å². The molecule has 0 unspecified atom stereocenters. The maximum absolute atomic E-state index is 12.8. The molecule has 0 aromatic heterocycles. The highest BCUT2D eigenvalue weighted by Crippen LogP contribution is 2.36. The third-order valence-corrected chi connectivity index (χ3v) is 2.47. The first-order valence-corrected chi connectivity index (χ1v) is 6.19. The Hall–Kier alpha value is -1.96. The number of carbonyl (C=O) groups is 2. The van der Waals surface area contributed by atoms with Crippen LogP contribution in [-0.4, -0.2) is 25.2 Å². The van der Waals surface area contributed by atoms with Gasteiger partial charge in [-0.05, 0) is 25.1 Å². The summed E-state index contributed by atoms with van der Waals surface area (Å²) in [7, 11) is 0. The van der Waals surface area contributed by atoms with Gasteiger partial charge in [-0.1, -0.05) is 11.6 Å². The lowest BCUT2D eigenvalue weighted by Crippen LogP contribution is -2.34. The van der Waals surface area contributed by atoms with E-state index >= 15 is 0 Å². The second kappa shape index (κ2) is 7.16. The molecule has 1 aromatic rings. The van der Waals surface area contributed by atoms with Gasteiger partial charge in [-0.25, -0.2) is 4.79 Å². The minimum atomic E-state index is -4.67. The summed E-state index contributed by atoms with van der Waals surface area (Å²) in [5, 5.41) is 3.98. The second-order valence-electron chi connectivity index (χ2n) is 3.80. The number of esters is 1. The van der Waals surface area contributed by atoms with Gasteiger partial charge in [-0.2, -0.15) is 13.2 Å². The van der Waals surface area contributed by atoms with Crippen LogP contribution in [-0.2, 0) is 15.7 Å². The molecule has 9 heteroatoms. The van der Waals surface area contributed by atoms with Gasteiger partial charge in [0, 0.05) is 5.02 Å². The number of carbonyl (C=O) groups excluding carboxylic acids is 2. The Kier molecular flexibility index (Phi) is 5.83. The average molecular weight is 325 g/mol. The Bertz CT molecular complexity index is 535. The number of ether oxygens (including phenoxy) is 1. The highest BCUT2D eigenvalue weighted by Gasteiger charge is 2.34. The normalized spacial score (nSPS) is 10.9. The van der Waals surface area contributed by atoms with Gasteiger partial charge in [-0.3, -0.25) is 4.79 Å². The van der Waals surface area contributed by atoms with Crippen molar-refractivity contribution in [3.63, 3.8) is 0 Å². The van der Waals surface area contributed by atoms with E-state index in [1.807, 2.05) is 5.32 Å². The molecule has 0 aliphatic heterocycles. The van der Waals surface area contributed by atoms with Crippen LogP contribution in [0, 0.1) is 0 Å². The minimum absolute atomic E-state index is 0.111. The molecular weight excluding hydrogens is 313 g/mol. The first-order chi connectivity index (χ1) is 9.74. The van der Waals surface area contributed by atoms with Crippen molar-refractivity contribution in [1.29, 1.82) is 0 Å². The molecular formula is C12H12ClF3N2O3. The van der Waals surface area contributed by atoms with Crippen LogP contribution >= 0.6 is 11.6 Å². The van der Waals surface area contributed by atoms with E-state index in [0.717, 1.165) is 6.07 Å². The van der Waals surface area contributed by atoms with E-state index in [9.17, 15) is 22.8 Å². The SMILES string of the molecule is CCOC(=O)CNC(=O)Nc1ccc(Cl)cc1C(F)(F)F. The predicted molar refractivity (Wildman–Crippen MR) is 70.1 cm³/mol. The molecule has 2 amide bonds. The summed E-state index contributed by atoms with van der Waals surface area (Å²) in [4.78, 5) is 22.5. The summed E-state index contributed by atoms with van der Waals surface area (Å²) < 4.78 is 42.9. The number of benzene rings is 1. The fourth-order valence-electron chi connectivity index (χ4n) is 1.39. The molecule has 1 aromatic carbocycles. The van der Waals surface area contributed by atoms with E-state index in [4.69, 9.17) is 11.6 Å². The Morgan fingerprint density at radius 2 is 2.00 bits per heavy atom. The van der Waals surface area contributed by atoms with Crippen molar-refractivity contribution in [3.05, 3.63) is 28.8 Å². The predicted octanol–water partition coefficient (Wildman–Crippen LogP) is 3.04. The number of hydrogen-bond donors (Lipinski definition) is 2. The summed E-state index contributed by atoms with van der Waals surface area (Å²) in [6.07, 6.45) is -4.67. The van der Waals surface area contributed by atoms with Gasteiger partial charge < -0.3 is 15.4 Å². The number of alkyl halides is 3. The molecule has 0 saturated heterocycles. The second-order valence-corrected chi connectivity index (χ2v) is 4.24. The number of nitrogens with one attached hydrogen (secondary N) is 2. The van der Waals surface area contributed by atoms with E-state index in [-0.39, 0.29) is 11.6 Å². The minimum Gasteiger partial charge on any atom is -0.465 e. The van der Waals surface area contributed by atoms with Gasteiger partial charge in [0.1, 0.15) is 6.54 Å². The van der Waals surface area contributed by atoms with E-state index in [1.54, 1.807) is 6.92 Å². The molecule has 0 fully saturated rings. The maximum Gasteiger partial charge on any atom is 0.418 e. The van der Waals surface area contributed by atoms with Crippen LogP contribution in [0.5, 0.6) is 0 Å². The van der Waals surface area contributed by atoms with Gasteiger partial charge in [0.25, 0.3) is 0 Å². The highest BCUT2D eigenvalue weighted by atomic mass is 35.5. The van der Waals surface area contributed by atoms with Gasteiger partial charge in [-0.15, -0.1) is 0 Å². The number of halogens is 4. The highest BCUT2D eigenvalue weighted by molar-refractivity contribution is 6.30. The first kappa shape index (κ1) is 17.1. The van der Waals surface area contributed by atoms with Crippen molar-refractivity contribution in [3.8, 4) is 0 Å². The van der Waals surface area contributed by atoms with E-state index < -0.39 is 36.0 Å². The summed E-state index contributed by atoms with van der Waals surface area (Å²) in [5.41, 5.74) is -1.55. The molecule has 1 rings (SSSR count). The third-order valence-electron chi connectivity index (χ3n) is 2.23. The summed E-state index contributed by atoms with van der Waals surface area (Å²) in [6, 6.07) is 1.96. The van der Waals surface area contributed by atoms with Gasteiger partial charge >= 0.3 is 18.2 Å². The first-order valence-electron chi connectivity index (χ1n) is 5.81. The molecule has 0 aliphatic carbocycles. The maximum atomic E-state index is 12.8. The molecule has 0 heterocycles. The fraction of sp³-hybridized carbons (Fsp3) is 0.333. The van der Waals surface area contributed by atoms with Crippen molar-refractivity contribution in [1.82, 2.24) is 5.32 Å². The number of hydrogen-bond acceptors (Lipinski definition) is 3. The lowest BCUT2D eigenvalue weighted by atomic mass is 10.1. The zero-order valence-electron chi connectivity index (χ0n) is 10.9. The van der Waals surface area contributed by atoms with Gasteiger partial charge in [0.15, 0.2) is 0 Å². The van der Waals surface area contributed by atoms with E-state index in [2.05, 4.69) is 10.1 Å². The lowest BCUT2D eigenvalue weighted by molar-refractivity contribution is -0.141. The number of anilines is 1. The molecule has 2 N–H and O–H groups in total. The summed E-state index contributed by atoms with van der Waals surface area (Å²) in [6.45, 7) is 1.27. The van der Waals surface area contributed by atoms with Crippen LogP contribution < -0.4 is 10.6 Å². The molecule has 116 valence electrons. The van der Waals surface area contributed by atoms with Crippen molar-refractivity contribution < 1.29 is 27.5 Å². The van der Waals surface area contributed by atoms with Crippen molar-refractivity contribution in [2.75, 3.05) is 18.5 Å². The van der Waals surface area contributed by atoms with E-state index in [0.29, 0.717) is 6.07 Å². The molecule has 5 nitrogen and oxygen atoms in total. The molecule has 0 radical (unpaired) electrons. The Balaban J connectivity index is 2.74. The monoisotopic (exact) mass is 324 g/mol. The number of urea groups is 1. The molecule has 0 atom stereocenters. The standard InChI is InChI=1S/C12H12ClF3N2O3/c1-2-21-10(19)6-17-11(20)18-9-4-3-7(13)5-8(9)12(14,15)16/h3-5H,2,6H2,1H3,(H2,17,18,20). The molecule has 0 aliphatic rings. The smallest absolute Gasteiger partial charge is 0.418 e. The molecule has 0 bridgehead atoms. The largest absolute Gasteiger partial charge is 0.465 e. The van der Waals surface area contributed by atoms with Crippen LogP contribution in [0.2, 0.25) is 5.02 Å². The van der Waals surface area contributed by atoms with Crippen LogP contribution in [0.1, 0.15) is 12.5 Å². The number of rotatable bonds is 4. The summed E-state index contributed by atoms with van der Waals surface area (Å²) in [5.74, 6) is -0.695. The van der Waals surface area contributed by atoms with Crippen molar-refractivity contribution in [2.24, 2.45) is 0 Å². The van der Waals surface area contributed by atoms with Crippen molar-refractivity contribution >= 4 is 29.3 Å². The summed E-state index contributed by atoms with van der Waals surface area (Å²) >= 11 is 5.51. The topological polar surface area (TPSA) is 67.4 Å². The molecule has 0 spiro atoms. The lowest BCUT2D eigenvalue weighted by Gasteiger charge is -2.14. The van der Waals surface area contributed by atoms with Crippen LogP contribution in [0.15, 0.2) is 18.2 Å².